The highest BCUT2D eigenvalue weighted by Crippen LogP contribution is 2.43. The molecule has 1 aliphatic rings. The zero-order chi connectivity index (χ0) is 9.41. The molecule has 0 aromatic carbocycles. The molecular weight excluding hydrogens is 187 g/mol. The smallest absolute Gasteiger partial charge is 0.306 e. The Hall–Kier alpha value is 0.100. The van der Waals surface area contributed by atoms with Gasteiger partial charge in [0.1, 0.15) is 4.75 Å². The Morgan fingerprint density at radius 1 is 1.25 bits per heavy atom. The summed E-state index contributed by atoms with van der Waals surface area (Å²) in [5, 5.41) is 0. The van der Waals surface area contributed by atoms with Gasteiger partial charge in [-0.15, -0.1) is 0 Å². The molecule has 0 atom stereocenters. The summed E-state index contributed by atoms with van der Waals surface area (Å²) in [5.74, 6) is 0. The fraction of sp³-hybridized carbons (Fsp3) is 1.00. The van der Waals surface area contributed by atoms with E-state index in [-0.39, 0.29) is 12.8 Å². The molecule has 1 heterocycles. The SMILES string of the molecule is CN1CCC(S)(C(F)(F)F)CC1. The van der Waals surface area contributed by atoms with Crippen molar-refractivity contribution >= 4 is 12.6 Å². The van der Waals surface area contributed by atoms with Crippen LogP contribution in [0.3, 0.4) is 0 Å². The Morgan fingerprint density at radius 2 is 1.67 bits per heavy atom. The van der Waals surface area contributed by atoms with Crippen LogP contribution in [0.2, 0.25) is 0 Å². The Labute approximate surface area is 75.3 Å². The van der Waals surface area contributed by atoms with Crippen molar-refractivity contribution in [3.05, 3.63) is 0 Å². The molecule has 72 valence electrons. The van der Waals surface area contributed by atoms with Crippen LogP contribution < -0.4 is 0 Å². The van der Waals surface area contributed by atoms with Crippen LogP contribution in [0.25, 0.3) is 0 Å². The summed E-state index contributed by atoms with van der Waals surface area (Å²) in [6, 6.07) is 0. The molecule has 1 aliphatic heterocycles. The average Bonchev–Trinajstić information content (AvgIpc) is 1.93. The van der Waals surface area contributed by atoms with Crippen molar-refractivity contribution in [2.45, 2.75) is 23.8 Å². The lowest BCUT2D eigenvalue weighted by molar-refractivity contribution is -0.167. The summed E-state index contributed by atoms with van der Waals surface area (Å²) in [7, 11) is 1.82. The topological polar surface area (TPSA) is 3.24 Å². The van der Waals surface area contributed by atoms with Gasteiger partial charge in [0.15, 0.2) is 0 Å². The van der Waals surface area contributed by atoms with Gasteiger partial charge in [-0.1, -0.05) is 0 Å². The number of halogens is 3. The third kappa shape index (κ3) is 1.88. The standard InChI is InChI=1S/C7H12F3NS/c1-11-4-2-6(12,3-5-11)7(8,9)10/h12H,2-5H2,1H3. The highest BCUT2D eigenvalue weighted by atomic mass is 32.1. The molecule has 0 aromatic rings. The highest BCUT2D eigenvalue weighted by molar-refractivity contribution is 7.81. The molecule has 0 amide bonds. The second kappa shape index (κ2) is 3.10. The van der Waals surface area contributed by atoms with Gasteiger partial charge in [-0.25, -0.2) is 0 Å². The van der Waals surface area contributed by atoms with E-state index in [0.29, 0.717) is 13.1 Å². The second-order valence-electron chi connectivity index (χ2n) is 3.33. The molecule has 5 heteroatoms. The van der Waals surface area contributed by atoms with Gasteiger partial charge in [0.05, 0.1) is 0 Å². The molecule has 0 radical (unpaired) electrons. The average molecular weight is 199 g/mol. The first-order chi connectivity index (χ1) is 5.35. The quantitative estimate of drug-likeness (QED) is 0.583. The maximum atomic E-state index is 12.4. The van der Waals surface area contributed by atoms with Crippen molar-refractivity contribution in [3.8, 4) is 0 Å². The van der Waals surface area contributed by atoms with E-state index in [1.807, 2.05) is 11.9 Å². The first kappa shape index (κ1) is 10.2. The largest absolute Gasteiger partial charge is 0.403 e. The summed E-state index contributed by atoms with van der Waals surface area (Å²) < 4.78 is 35.3. The molecular formula is C7H12F3NS. The summed E-state index contributed by atoms with van der Waals surface area (Å²) in [6.07, 6.45) is -3.98. The van der Waals surface area contributed by atoms with Crippen molar-refractivity contribution in [1.29, 1.82) is 0 Å². The predicted octanol–water partition coefficient (Wildman–Crippen LogP) is 1.94. The number of likely N-dealkylation sites (tertiary alicyclic amines) is 1. The molecule has 12 heavy (non-hydrogen) atoms. The number of hydrogen-bond acceptors (Lipinski definition) is 2. The van der Waals surface area contributed by atoms with E-state index in [4.69, 9.17) is 0 Å². The summed E-state index contributed by atoms with van der Waals surface area (Å²) >= 11 is 3.72. The molecule has 1 fully saturated rings. The van der Waals surface area contributed by atoms with Crippen LogP contribution in [0, 0.1) is 0 Å². The number of rotatable bonds is 0. The van der Waals surface area contributed by atoms with Crippen LogP contribution in [-0.4, -0.2) is 36.0 Å². The Bertz CT molecular complexity index is 161. The minimum Gasteiger partial charge on any atom is -0.306 e. The molecule has 0 spiro atoms. The van der Waals surface area contributed by atoms with Gasteiger partial charge in [0.2, 0.25) is 0 Å². The lowest BCUT2D eigenvalue weighted by Crippen LogP contribution is -2.48. The Morgan fingerprint density at radius 3 is 2.00 bits per heavy atom. The minimum atomic E-state index is -4.17. The summed E-state index contributed by atoms with van der Waals surface area (Å²) in [4.78, 5) is 1.89. The van der Waals surface area contributed by atoms with Crippen LogP contribution >= 0.6 is 12.6 Å². The fourth-order valence-electron chi connectivity index (χ4n) is 1.27. The van der Waals surface area contributed by atoms with E-state index in [0.717, 1.165) is 0 Å². The first-order valence-corrected chi connectivity index (χ1v) is 4.27. The van der Waals surface area contributed by atoms with Crippen molar-refractivity contribution < 1.29 is 13.2 Å². The van der Waals surface area contributed by atoms with E-state index >= 15 is 0 Å². The third-order valence-corrected chi connectivity index (χ3v) is 3.04. The number of piperidine rings is 1. The first-order valence-electron chi connectivity index (χ1n) is 3.83. The number of alkyl halides is 3. The van der Waals surface area contributed by atoms with E-state index in [9.17, 15) is 13.2 Å². The summed E-state index contributed by atoms with van der Waals surface area (Å²) in [5.41, 5.74) is 0. The lowest BCUT2D eigenvalue weighted by Gasteiger charge is -2.38. The van der Waals surface area contributed by atoms with Gasteiger partial charge in [-0.3, -0.25) is 0 Å². The van der Waals surface area contributed by atoms with Crippen molar-refractivity contribution in [1.82, 2.24) is 4.90 Å². The third-order valence-electron chi connectivity index (χ3n) is 2.34. The van der Waals surface area contributed by atoms with Crippen molar-refractivity contribution in [2.75, 3.05) is 20.1 Å². The fourth-order valence-corrected chi connectivity index (χ4v) is 1.47. The van der Waals surface area contributed by atoms with E-state index in [1.165, 1.54) is 0 Å². The molecule has 0 unspecified atom stereocenters. The number of nitrogens with zero attached hydrogens (tertiary/aromatic N) is 1. The van der Waals surface area contributed by atoms with Crippen LogP contribution in [-0.2, 0) is 0 Å². The molecule has 0 aromatic heterocycles. The zero-order valence-electron chi connectivity index (χ0n) is 6.86. The van der Waals surface area contributed by atoms with Crippen LogP contribution in [0.4, 0.5) is 13.2 Å². The molecule has 0 saturated carbocycles. The maximum Gasteiger partial charge on any atom is 0.403 e. The molecule has 0 N–H and O–H groups in total. The second-order valence-corrected chi connectivity index (χ2v) is 4.19. The van der Waals surface area contributed by atoms with E-state index in [1.54, 1.807) is 0 Å². The normalized spacial score (nSPS) is 25.8. The molecule has 1 rings (SSSR count). The monoisotopic (exact) mass is 199 g/mol. The Balaban J connectivity index is 2.62. The Kier molecular flexibility index (Phi) is 2.63. The van der Waals surface area contributed by atoms with E-state index in [2.05, 4.69) is 12.6 Å². The lowest BCUT2D eigenvalue weighted by atomic mass is 9.95. The molecule has 0 aliphatic carbocycles. The van der Waals surface area contributed by atoms with Crippen LogP contribution in [0.1, 0.15) is 12.8 Å². The van der Waals surface area contributed by atoms with Gasteiger partial charge >= 0.3 is 6.18 Å². The van der Waals surface area contributed by atoms with Crippen molar-refractivity contribution in [3.63, 3.8) is 0 Å². The van der Waals surface area contributed by atoms with Crippen LogP contribution in [0.15, 0.2) is 0 Å². The molecule has 1 nitrogen and oxygen atoms in total. The van der Waals surface area contributed by atoms with Gasteiger partial charge in [0, 0.05) is 0 Å². The van der Waals surface area contributed by atoms with Gasteiger partial charge < -0.3 is 4.90 Å². The maximum absolute atomic E-state index is 12.4. The highest BCUT2D eigenvalue weighted by Gasteiger charge is 2.52. The van der Waals surface area contributed by atoms with Gasteiger partial charge in [-0.05, 0) is 33.0 Å². The van der Waals surface area contributed by atoms with Gasteiger partial charge in [-0.2, -0.15) is 25.8 Å². The van der Waals surface area contributed by atoms with Crippen molar-refractivity contribution in [2.24, 2.45) is 0 Å². The summed E-state index contributed by atoms with van der Waals surface area (Å²) in [6.45, 7) is 0.950. The van der Waals surface area contributed by atoms with Crippen LogP contribution in [0.5, 0.6) is 0 Å². The zero-order valence-corrected chi connectivity index (χ0v) is 7.75. The molecule has 0 bridgehead atoms. The predicted molar refractivity (Wildman–Crippen MR) is 44.5 cm³/mol. The number of thiol groups is 1. The minimum absolute atomic E-state index is 0.0934. The number of hydrogen-bond donors (Lipinski definition) is 1. The molecule has 1 saturated heterocycles. The van der Waals surface area contributed by atoms with E-state index < -0.39 is 10.9 Å². The van der Waals surface area contributed by atoms with Gasteiger partial charge in [0.25, 0.3) is 0 Å².